The molecule has 166 valence electrons. The van der Waals surface area contributed by atoms with Gasteiger partial charge in [0.1, 0.15) is 5.75 Å². The molecule has 2 amide bonds. The summed E-state index contributed by atoms with van der Waals surface area (Å²) in [6.07, 6.45) is 0. The number of carbonyl (C=O) groups is 2. The first-order valence-corrected chi connectivity index (χ1v) is 9.87. The smallest absolute Gasteiger partial charge is 0.387 e. The highest BCUT2D eigenvalue weighted by Crippen LogP contribution is 2.29. The number of nitrogens with zero attached hydrogens (tertiary/aromatic N) is 2. The molecule has 0 aliphatic carbocycles. The van der Waals surface area contributed by atoms with Crippen LogP contribution in [0.1, 0.15) is 27.6 Å². The van der Waals surface area contributed by atoms with Crippen molar-refractivity contribution in [3.8, 4) is 17.2 Å². The molecule has 0 N–H and O–H groups in total. The summed E-state index contributed by atoms with van der Waals surface area (Å²) >= 11 is 0. The van der Waals surface area contributed by atoms with Crippen LogP contribution < -0.4 is 14.2 Å². The molecule has 31 heavy (non-hydrogen) atoms. The predicted molar refractivity (Wildman–Crippen MR) is 109 cm³/mol. The highest BCUT2D eigenvalue weighted by Gasteiger charge is 2.27. The number of para-hydroxylation sites is 1. The molecule has 2 aromatic carbocycles. The van der Waals surface area contributed by atoms with Gasteiger partial charge in [-0.25, -0.2) is 0 Å². The zero-order valence-corrected chi connectivity index (χ0v) is 17.3. The third-order valence-electron chi connectivity index (χ3n) is 4.90. The van der Waals surface area contributed by atoms with Gasteiger partial charge in [0.2, 0.25) is 0 Å². The fourth-order valence-corrected chi connectivity index (χ4v) is 3.38. The molecule has 0 aromatic heterocycles. The third kappa shape index (κ3) is 5.22. The van der Waals surface area contributed by atoms with Crippen LogP contribution in [0, 0.1) is 0 Å². The first kappa shape index (κ1) is 22.3. The second-order valence-corrected chi connectivity index (χ2v) is 6.76. The Hall–Kier alpha value is -3.36. The van der Waals surface area contributed by atoms with E-state index in [1.165, 1.54) is 30.2 Å². The fourth-order valence-electron chi connectivity index (χ4n) is 3.38. The molecule has 7 nitrogen and oxygen atoms in total. The number of amides is 2. The molecule has 0 radical (unpaired) electrons. The molecule has 0 atom stereocenters. The highest BCUT2D eigenvalue weighted by atomic mass is 19.3. The topological polar surface area (TPSA) is 68.3 Å². The van der Waals surface area contributed by atoms with Crippen LogP contribution in [-0.4, -0.2) is 68.1 Å². The summed E-state index contributed by atoms with van der Waals surface area (Å²) in [5, 5.41) is 0. The van der Waals surface area contributed by atoms with Crippen molar-refractivity contribution in [1.82, 2.24) is 9.80 Å². The van der Waals surface area contributed by atoms with Gasteiger partial charge in [0.15, 0.2) is 11.5 Å². The number of hydrogen-bond acceptors (Lipinski definition) is 5. The zero-order chi connectivity index (χ0) is 22.4. The van der Waals surface area contributed by atoms with Crippen molar-refractivity contribution < 1.29 is 32.6 Å². The molecule has 0 unspecified atom stereocenters. The van der Waals surface area contributed by atoms with Gasteiger partial charge in [-0.15, -0.1) is 0 Å². The lowest BCUT2D eigenvalue weighted by Gasteiger charge is -2.35. The van der Waals surface area contributed by atoms with Gasteiger partial charge in [0, 0.05) is 31.7 Å². The van der Waals surface area contributed by atoms with Gasteiger partial charge in [-0.05, 0) is 37.3 Å². The lowest BCUT2D eigenvalue weighted by Crippen LogP contribution is -2.50. The number of alkyl halides is 2. The van der Waals surface area contributed by atoms with Crippen molar-refractivity contribution in [2.75, 3.05) is 39.9 Å². The van der Waals surface area contributed by atoms with E-state index in [4.69, 9.17) is 9.47 Å². The van der Waals surface area contributed by atoms with E-state index >= 15 is 0 Å². The summed E-state index contributed by atoms with van der Waals surface area (Å²) in [5.41, 5.74) is 0.523. The summed E-state index contributed by atoms with van der Waals surface area (Å²) in [5.74, 6) is 0.266. The van der Waals surface area contributed by atoms with Crippen molar-refractivity contribution >= 4 is 11.8 Å². The van der Waals surface area contributed by atoms with Crippen molar-refractivity contribution in [3.05, 3.63) is 53.6 Å². The summed E-state index contributed by atoms with van der Waals surface area (Å²) < 4.78 is 40.5. The molecular formula is C22H24F2N2O5. The first-order chi connectivity index (χ1) is 14.9. The lowest BCUT2D eigenvalue weighted by atomic mass is 10.1. The van der Waals surface area contributed by atoms with E-state index in [0.717, 1.165) is 0 Å². The fraction of sp³-hybridized carbons (Fsp3) is 0.364. The minimum atomic E-state index is -3.02. The molecule has 0 saturated carbocycles. The van der Waals surface area contributed by atoms with Crippen molar-refractivity contribution in [3.63, 3.8) is 0 Å². The predicted octanol–water partition coefficient (Wildman–Crippen LogP) is 3.29. The maximum Gasteiger partial charge on any atom is 0.387 e. The SMILES string of the molecule is CCOc1ccc(C(=O)N2CCN(C(=O)c3ccccc3OC(F)F)CC2)cc1OC. The van der Waals surface area contributed by atoms with Gasteiger partial charge in [-0.1, -0.05) is 12.1 Å². The minimum Gasteiger partial charge on any atom is -0.493 e. The largest absolute Gasteiger partial charge is 0.493 e. The van der Waals surface area contributed by atoms with Crippen LogP contribution in [0.2, 0.25) is 0 Å². The van der Waals surface area contributed by atoms with Gasteiger partial charge >= 0.3 is 6.61 Å². The number of piperazine rings is 1. The second-order valence-electron chi connectivity index (χ2n) is 6.76. The van der Waals surface area contributed by atoms with Crippen molar-refractivity contribution in [2.24, 2.45) is 0 Å². The Morgan fingerprint density at radius 1 is 0.935 bits per heavy atom. The third-order valence-corrected chi connectivity index (χ3v) is 4.90. The molecule has 1 aliphatic rings. The van der Waals surface area contributed by atoms with Crippen LogP contribution in [0.15, 0.2) is 42.5 Å². The molecule has 1 fully saturated rings. The van der Waals surface area contributed by atoms with E-state index in [9.17, 15) is 18.4 Å². The first-order valence-electron chi connectivity index (χ1n) is 9.87. The summed E-state index contributed by atoms with van der Waals surface area (Å²) in [7, 11) is 1.51. The molecule has 1 saturated heterocycles. The maximum absolute atomic E-state index is 12.9. The van der Waals surface area contributed by atoms with Gasteiger partial charge in [0.25, 0.3) is 11.8 Å². The molecule has 9 heteroatoms. The van der Waals surface area contributed by atoms with Gasteiger partial charge < -0.3 is 24.0 Å². The van der Waals surface area contributed by atoms with Crippen molar-refractivity contribution in [2.45, 2.75) is 13.5 Å². The monoisotopic (exact) mass is 434 g/mol. The Kier molecular flexibility index (Phi) is 7.28. The summed E-state index contributed by atoms with van der Waals surface area (Å²) in [4.78, 5) is 28.8. The number of ether oxygens (including phenoxy) is 3. The standard InChI is InChI=1S/C22H24F2N2O5/c1-3-30-18-9-8-15(14-19(18)29-2)20(27)25-10-12-26(13-11-25)21(28)16-6-4-5-7-17(16)31-22(23)24/h4-9,14,22H,3,10-13H2,1-2H3. The second kappa shape index (κ2) is 10.1. The lowest BCUT2D eigenvalue weighted by molar-refractivity contribution is -0.0503. The average molecular weight is 434 g/mol. The van der Waals surface area contributed by atoms with Crippen LogP contribution in [0.3, 0.4) is 0 Å². The van der Waals surface area contributed by atoms with Crippen LogP contribution in [0.5, 0.6) is 17.2 Å². The molecule has 1 aliphatic heterocycles. The number of rotatable bonds is 7. The number of benzene rings is 2. The van der Waals surface area contributed by atoms with Gasteiger partial charge in [-0.3, -0.25) is 9.59 Å². The van der Waals surface area contributed by atoms with Gasteiger partial charge in [-0.2, -0.15) is 8.78 Å². The van der Waals surface area contributed by atoms with E-state index in [1.807, 2.05) is 6.92 Å². The zero-order valence-electron chi connectivity index (χ0n) is 17.3. The minimum absolute atomic E-state index is 0.0684. The quantitative estimate of drug-likeness (QED) is 0.669. The van der Waals surface area contributed by atoms with E-state index in [-0.39, 0.29) is 30.3 Å². The van der Waals surface area contributed by atoms with Crippen LogP contribution in [0.25, 0.3) is 0 Å². The van der Waals surface area contributed by atoms with E-state index in [2.05, 4.69) is 4.74 Å². The number of methoxy groups -OCH3 is 1. The summed E-state index contributed by atoms with van der Waals surface area (Å²) in [6.45, 7) is 0.511. The number of hydrogen-bond donors (Lipinski definition) is 0. The Labute approximate surface area is 179 Å². The molecular weight excluding hydrogens is 410 g/mol. The Bertz CT molecular complexity index is 930. The number of carbonyl (C=O) groups excluding carboxylic acids is 2. The van der Waals surface area contributed by atoms with Crippen molar-refractivity contribution in [1.29, 1.82) is 0 Å². The van der Waals surface area contributed by atoms with Gasteiger partial charge in [0.05, 0.1) is 19.3 Å². The Balaban J connectivity index is 1.66. The maximum atomic E-state index is 12.9. The molecule has 1 heterocycles. The van der Waals surface area contributed by atoms with Crippen LogP contribution in [-0.2, 0) is 0 Å². The molecule has 0 bridgehead atoms. The van der Waals surface area contributed by atoms with E-state index in [1.54, 1.807) is 29.2 Å². The Morgan fingerprint density at radius 3 is 2.19 bits per heavy atom. The average Bonchev–Trinajstić information content (AvgIpc) is 2.78. The molecule has 2 aromatic rings. The van der Waals surface area contributed by atoms with E-state index in [0.29, 0.717) is 36.8 Å². The highest BCUT2D eigenvalue weighted by molar-refractivity contribution is 5.98. The normalized spacial score (nSPS) is 13.8. The van der Waals surface area contributed by atoms with E-state index < -0.39 is 12.5 Å². The molecule has 3 rings (SSSR count). The summed E-state index contributed by atoms with van der Waals surface area (Å²) in [6, 6.07) is 10.9. The number of halogens is 2. The van der Waals surface area contributed by atoms with Crippen LogP contribution in [0.4, 0.5) is 8.78 Å². The molecule has 0 spiro atoms. The van der Waals surface area contributed by atoms with Crippen LogP contribution >= 0.6 is 0 Å². The Morgan fingerprint density at radius 2 is 1.58 bits per heavy atom.